The molecule has 0 radical (unpaired) electrons. The summed E-state index contributed by atoms with van der Waals surface area (Å²) in [5.74, 6) is -0.497. The summed E-state index contributed by atoms with van der Waals surface area (Å²) in [5.41, 5.74) is 0.770. The van der Waals surface area contributed by atoms with E-state index >= 15 is 0 Å². The van der Waals surface area contributed by atoms with Crippen molar-refractivity contribution in [1.29, 1.82) is 0 Å². The van der Waals surface area contributed by atoms with Crippen molar-refractivity contribution < 1.29 is 9.90 Å². The Labute approximate surface area is 116 Å². The minimum Gasteiger partial charge on any atom is -0.481 e. The Kier molecular flexibility index (Phi) is 4.39. The van der Waals surface area contributed by atoms with Gasteiger partial charge in [-0.1, -0.05) is 13.8 Å². The lowest BCUT2D eigenvalue weighted by Gasteiger charge is -2.15. The Morgan fingerprint density at radius 3 is 2.85 bits per heavy atom. The van der Waals surface area contributed by atoms with Crippen LogP contribution in [0.2, 0.25) is 0 Å². The fourth-order valence-corrected chi connectivity index (χ4v) is 2.06. The molecule has 0 bridgehead atoms. The average Bonchev–Trinajstić information content (AvgIpc) is 2.86. The molecular weight excluding hydrogens is 258 g/mol. The van der Waals surface area contributed by atoms with E-state index < -0.39 is 11.9 Å². The molecule has 2 rings (SSSR count). The van der Waals surface area contributed by atoms with Crippen LogP contribution in [-0.2, 0) is 11.3 Å². The third kappa shape index (κ3) is 3.37. The Hall–Kier alpha value is -2.31. The summed E-state index contributed by atoms with van der Waals surface area (Å²) in [7, 11) is 0. The first-order valence-corrected chi connectivity index (χ1v) is 6.47. The number of tetrazole rings is 1. The minimum absolute atomic E-state index is 0.255. The Morgan fingerprint density at radius 2 is 2.25 bits per heavy atom. The van der Waals surface area contributed by atoms with E-state index in [4.69, 9.17) is 0 Å². The monoisotopic (exact) mass is 275 g/mol. The molecule has 0 amide bonds. The number of carbonyl (C=O) groups is 1. The van der Waals surface area contributed by atoms with Gasteiger partial charge in [0.2, 0.25) is 0 Å². The molecule has 0 aliphatic carbocycles. The number of aliphatic carboxylic acids is 1. The molecule has 1 N–H and O–H groups in total. The molecule has 0 spiro atoms. The van der Waals surface area contributed by atoms with Gasteiger partial charge in [0, 0.05) is 18.0 Å². The predicted molar refractivity (Wildman–Crippen MR) is 71.6 cm³/mol. The van der Waals surface area contributed by atoms with Crippen LogP contribution in [0.5, 0.6) is 0 Å². The SMILES string of the molecule is CC(C)CC(Cn1nnnc1-c1cccnc1)C(=O)O. The molecule has 0 saturated heterocycles. The van der Waals surface area contributed by atoms with Gasteiger partial charge in [-0.25, -0.2) is 4.68 Å². The maximum absolute atomic E-state index is 11.3. The molecule has 2 heterocycles. The molecule has 0 saturated carbocycles. The first-order chi connectivity index (χ1) is 9.58. The zero-order chi connectivity index (χ0) is 14.5. The Bertz CT molecular complexity index is 567. The number of hydrogen-bond donors (Lipinski definition) is 1. The van der Waals surface area contributed by atoms with Crippen molar-refractivity contribution in [3.05, 3.63) is 24.5 Å². The maximum atomic E-state index is 11.3. The molecule has 2 aromatic heterocycles. The van der Waals surface area contributed by atoms with Crippen LogP contribution < -0.4 is 0 Å². The molecule has 1 unspecified atom stereocenters. The normalized spacial score (nSPS) is 12.6. The van der Waals surface area contributed by atoms with Gasteiger partial charge in [-0.2, -0.15) is 0 Å². The lowest BCUT2D eigenvalue weighted by Crippen LogP contribution is -2.23. The second kappa shape index (κ2) is 6.23. The number of carboxylic acid groups (broad SMARTS) is 1. The third-order valence-electron chi connectivity index (χ3n) is 2.95. The number of aromatic nitrogens is 5. The second-order valence-electron chi connectivity index (χ2n) is 5.09. The number of nitrogens with zero attached hydrogens (tertiary/aromatic N) is 5. The van der Waals surface area contributed by atoms with Gasteiger partial charge in [0.1, 0.15) is 0 Å². The first kappa shape index (κ1) is 14.1. The van der Waals surface area contributed by atoms with Gasteiger partial charge in [-0.05, 0) is 34.9 Å². The summed E-state index contributed by atoms with van der Waals surface area (Å²) < 4.78 is 1.53. The Morgan fingerprint density at radius 1 is 1.45 bits per heavy atom. The van der Waals surface area contributed by atoms with Crippen LogP contribution in [0.1, 0.15) is 20.3 Å². The molecule has 0 aliphatic rings. The van der Waals surface area contributed by atoms with E-state index in [9.17, 15) is 9.90 Å². The van der Waals surface area contributed by atoms with Crippen LogP contribution in [0.4, 0.5) is 0 Å². The van der Waals surface area contributed by atoms with Crippen LogP contribution in [0.15, 0.2) is 24.5 Å². The minimum atomic E-state index is -0.827. The van der Waals surface area contributed by atoms with E-state index in [0.29, 0.717) is 18.2 Å². The molecular formula is C13H17N5O2. The summed E-state index contributed by atoms with van der Waals surface area (Å²) in [6.45, 7) is 4.25. The van der Waals surface area contributed by atoms with Crippen molar-refractivity contribution in [1.82, 2.24) is 25.2 Å². The largest absolute Gasteiger partial charge is 0.481 e. The third-order valence-corrected chi connectivity index (χ3v) is 2.95. The molecule has 20 heavy (non-hydrogen) atoms. The van der Waals surface area contributed by atoms with Crippen molar-refractivity contribution in [2.24, 2.45) is 11.8 Å². The van der Waals surface area contributed by atoms with Crippen molar-refractivity contribution in [3.63, 3.8) is 0 Å². The molecule has 7 nitrogen and oxygen atoms in total. The van der Waals surface area contributed by atoms with E-state index in [0.717, 1.165) is 5.56 Å². The van der Waals surface area contributed by atoms with Crippen LogP contribution in [0, 0.1) is 11.8 Å². The van der Waals surface area contributed by atoms with E-state index in [-0.39, 0.29) is 6.54 Å². The van der Waals surface area contributed by atoms with Crippen molar-refractivity contribution >= 4 is 5.97 Å². The van der Waals surface area contributed by atoms with Gasteiger partial charge in [0.05, 0.1) is 12.5 Å². The Balaban J connectivity index is 2.22. The van der Waals surface area contributed by atoms with E-state index in [1.807, 2.05) is 19.9 Å². The number of rotatable bonds is 6. The van der Waals surface area contributed by atoms with E-state index in [1.165, 1.54) is 4.68 Å². The van der Waals surface area contributed by atoms with E-state index in [2.05, 4.69) is 20.5 Å². The average molecular weight is 275 g/mol. The highest BCUT2D eigenvalue weighted by Crippen LogP contribution is 2.18. The van der Waals surface area contributed by atoms with Crippen LogP contribution >= 0.6 is 0 Å². The summed E-state index contributed by atoms with van der Waals surface area (Å²) in [6, 6.07) is 3.63. The maximum Gasteiger partial charge on any atom is 0.308 e. The molecule has 0 aromatic carbocycles. The molecule has 1 atom stereocenters. The molecule has 0 fully saturated rings. The van der Waals surface area contributed by atoms with Gasteiger partial charge in [-0.15, -0.1) is 5.10 Å². The van der Waals surface area contributed by atoms with Gasteiger partial charge < -0.3 is 5.11 Å². The fraction of sp³-hybridized carbons (Fsp3) is 0.462. The van der Waals surface area contributed by atoms with Gasteiger partial charge in [0.15, 0.2) is 5.82 Å². The fourth-order valence-electron chi connectivity index (χ4n) is 2.06. The zero-order valence-electron chi connectivity index (χ0n) is 11.5. The standard InChI is InChI=1S/C13H17N5O2/c1-9(2)6-11(13(19)20)8-18-12(15-16-17-18)10-4-3-5-14-7-10/h3-5,7,9,11H,6,8H2,1-2H3,(H,19,20). The highest BCUT2D eigenvalue weighted by molar-refractivity contribution is 5.70. The quantitative estimate of drug-likeness (QED) is 0.858. The first-order valence-electron chi connectivity index (χ1n) is 6.47. The molecule has 106 valence electrons. The molecule has 0 aliphatic heterocycles. The number of pyridine rings is 1. The highest BCUT2D eigenvalue weighted by Gasteiger charge is 2.22. The topological polar surface area (TPSA) is 93.8 Å². The predicted octanol–water partition coefficient (Wildman–Crippen LogP) is 1.48. The molecule has 2 aromatic rings. The van der Waals surface area contributed by atoms with Crippen LogP contribution in [0.3, 0.4) is 0 Å². The number of carboxylic acids is 1. The lowest BCUT2D eigenvalue weighted by atomic mass is 9.97. The molecule has 7 heteroatoms. The second-order valence-corrected chi connectivity index (χ2v) is 5.09. The van der Waals surface area contributed by atoms with Gasteiger partial charge in [-0.3, -0.25) is 9.78 Å². The number of hydrogen-bond acceptors (Lipinski definition) is 5. The van der Waals surface area contributed by atoms with Crippen molar-refractivity contribution in [2.75, 3.05) is 0 Å². The lowest BCUT2D eigenvalue weighted by molar-refractivity contribution is -0.142. The highest BCUT2D eigenvalue weighted by atomic mass is 16.4. The zero-order valence-corrected chi connectivity index (χ0v) is 11.5. The van der Waals surface area contributed by atoms with Crippen molar-refractivity contribution in [2.45, 2.75) is 26.8 Å². The summed E-state index contributed by atoms with van der Waals surface area (Å²) in [6.07, 6.45) is 3.90. The smallest absolute Gasteiger partial charge is 0.308 e. The van der Waals surface area contributed by atoms with Gasteiger partial charge >= 0.3 is 5.97 Å². The van der Waals surface area contributed by atoms with Gasteiger partial charge in [0.25, 0.3) is 0 Å². The summed E-state index contributed by atoms with van der Waals surface area (Å²) in [4.78, 5) is 15.3. The van der Waals surface area contributed by atoms with E-state index in [1.54, 1.807) is 18.5 Å². The van der Waals surface area contributed by atoms with Crippen LogP contribution in [-0.4, -0.2) is 36.3 Å². The van der Waals surface area contributed by atoms with Crippen molar-refractivity contribution in [3.8, 4) is 11.4 Å². The summed E-state index contributed by atoms with van der Waals surface area (Å²) >= 11 is 0. The summed E-state index contributed by atoms with van der Waals surface area (Å²) in [5, 5.41) is 20.8. The van der Waals surface area contributed by atoms with Crippen LogP contribution in [0.25, 0.3) is 11.4 Å².